The van der Waals surface area contributed by atoms with Crippen LogP contribution in [0.3, 0.4) is 0 Å². The molecule has 5 heteroatoms. The number of hydrogen-bond acceptors (Lipinski definition) is 4. The Kier molecular flexibility index (Phi) is 17.2. The van der Waals surface area contributed by atoms with Crippen LogP contribution in [0.25, 0.3) is 0 Å². The van der Waals surface area contributed by atoms with Crippen molar-refractivity contribution in [2.24, 2.45) is 16.8 Å². The van der Waals surface area contributed by atoms with Crippen molar-refractivity contribution < 1.29 is 0 Å². The molecule has 1 aliphatic rings. The topological polar surface area (TPSA) is 44.9 Å². The summed E-state index contributed by atoms with van der Waals surface area (Å²) in [7, 11) is 4.20. The van der Waals surface area contributed by atoms with Crippen molar-refractivity contribution in [1.82, 2.24) is 9.91 Å². The predicted octanol–water partition coefficient (Wildman–Crippen LogP) is 12.4. The van der Waals surface area contributed by atoms with Gasteiger partial charge in [-0.15, -0.1) is 6.58 Å². The number of halogens is 1. The molecule has 1 aliphatic carbocycles. The Hall–Kier alpha value is -5.06. The smallest absolute Gasteiger partial charge is 0.128 e. The monoisotopic (exact) mass is 726 g/mol. The van der Waals surface area contributed by atoms with E-state index in [0.29, 0.717) is 0 Å². The maximum atomic E-state index is 6.39. The Morgan fingerprint density at radius 3 is 1.96 bits per heavy atom. The first-order chi connectivity index (χ1) is 25.5. The van der Waals surface area contributed by atoms with Gasteiger partial charge in [-0.05, 0) is 92.9 Å². The molecule has 278 valence electrons. The molecule has 0 saturated carbocycles. The Bertz CT molecular complexity index is 1800. The van der Waals surface area contributed by atoms with Gasteiger partial charge in [-0.3, -0.25) is 5.01 Å². The van der Waals surface area contributed by atoms with Gasteiger partial charge < -0.3 is 10.6 Å². The number of allylic oxidation sites excluding steroid dienone is 12. The second-order valence-corrected chi connectivity index (χ2v) is 13.8. The van der Waals surface area contributed by atoms with Crippen LogP contribution in [0.15, 0.2) is 191 Å². The van der Waals surface area contributed by atoms with Crippen molar-refractivity contribution in [3.8, 4) is 0 Å². The summed E-state index contributed by atoms with van der Waals surface area (Å²) in [6.07, 6.45) is 22.0. The van der Waals surface area contributed by atoms with Crippen LogP contribution < -0.4 is 5.73 Å². The molecule has 0 fully saturated rings. The standard InChI is InChI=1S/C45H53ClN4.C3H6/c1-8-35(3)45(41-25-14-10-15-26-41,42-27-16-11-17-28-42)50(7)48-36(4)34(2)20-18-24-40(32-47)44(39-23-19-29-43(46)31-30-39)33-49(6)37(5)38-21-12-9-13-22-38;1-3-2/h8-18,21-34,37H,19-20,47H2,1-7H3;3H,1H2,2H3/b24-18-,35-8+,40-32+,44-33-,48-36-;/t34?,37-;/m1./s1. The largest absolute Gasteiger partial charge is 0.404 e. The van der Waals surface area contributed by atoms with Crippen LogP contribution in [0.2, 0.25) is 0 Å². The van der Waals surface area contributed by atoms with Crippen LogP contribution in [0, 0.1) is 5.92 Å². The molecule has 4 rings (SSSR count). The average molecular weight is 727 g/mol. The van der Waals surface area contributed by atoms with Crippen LogP contribution in [-0.4, -0.2) is 29.7 Å². The van der Waals surface area contributed by atoms with E-state index in [9.17, 15) is 0 Å². The van der Waals surface area contributed by atoms with Crippen LogP contribution in [0.5, 0.6) is 0 Å². The highest BCUT2D eigenvalue weighted by Gasteiger charge is 2.40. The summed E-state index contributed by atoms with van der Waals surface area (Å²) in [5, 5.41) is 8.16. The first-order valence-corrected chi connectivity index (χ1v) is 18.8. The van der Waals surface area contributed by atoms with Gasteiger partial charge in [0.15, 0.2) is 0 Å². The third-order valence-corrected chi connectivity index (χ3v) is 10.1. The Morgan fingerprint density at radius 1 is 0.887 bits per heavy atom. The van der Waals surface area contributed by atoms with Gasteiger partial charge >= 0.3 is 0 Å². The maximum absolute atomic E-state index is 6.39. The predicted molar refractivity (Wildman–Crippen MR) is 232 cm³/mol. The zero-order valence-electron chi connectivity index (χ0n) is 33.0. The highest BCUT2D eigenvalue weighted by atomic mass is 35.5. The van der Waals surface area contributed by atoms with Crippen LogP contribution in [0.1, 0.15) is 77.1 Å². The summed E-state index contributed by atoms with van der Waals surface area (Å²) in [6, 6.07) is 32.0. The van der Waals surface area contributed by atoms with E-state index in [-0.39, 0.29) is 12.0 Å². The first kappa shape index (κ1) is 42.4. The van der Waals surface area contributed by atoms with E-state index in [0.717, 1.165) is 40.3 Å². The highest BCUT2D eigenvalue weighted by molar-refractivity contribution is 6.31. The molecule has 1 unspecified atom stereocenters. The highest BCUT2D eigenvalue weighted by Crippen LogP contribution is 2.42. The van der Waals surface area contributed by atoms with Crippen molar-refractivity contribution >= 4 is 17.3 Å². The Balaban J connectivity index is 0.00000243. The molecule has 3 aromatic rings. The van der Waals surface area contributed by atoms with E-state index in [1.165, 1.54) is 22.3 Å². The molecule has 2 atom stereocenters. The third kappa shape index (κ3) is 11.2. The lowest BCUT2D eigenvalue weighted by Gasteiger charge is -2.43. The van der Waals surface area contributed by atoms with Gasteiger partial charge in [-0.25, -0.2) is 0 Å². The number of hydrazone groups is 1. The molecule has 0 spiro atoms. The van der Waals surface area contributed by atoms with Gasteiger partial charge in [-0.2, -0.15) is 5.10 Å². The molecule has 0 radical (unpaired) electrons. The average Bonchev–Trinajstić information content (AvgIpc) is 3.40. The number of hydrogen-bond donors (Lipinski definition) is 1. The summed E-state index contributed by atoms with van der Waals surface area (Å²) >= 11 is 6.39. The van der Waals surface area contributed by atoms with Crippen molar-refractivity contribution in [3.05, 3.63) is 203 Å². The zero-order chi connectivity index (χ0) is 38.8. The van der Waals surface area contributed by atoms with Gasteiger partial charge in [0.1, 0.15) is 5.54 Å². The van der Waals surface area contributed by atoms with E-state index in [4.69, 9.17) is 22.4 Å². The lowest BCUT2D eigenvalue weighted by Crippen LogP contribution is -2.43. The van der Waals surface area contributed by atoms with Crippen LogP contribution in [0.4, 0.5) is 0 Å². The van der Waals surface area contributed by atoms with Crippen LogP contribution >= 0.6 is 11.6 Å². The van der Waals surface area contributed by atoms with E-state index < -0.39 is 5.54 Å². The van der Waals surface area contributed by atoms with E-state index in [1.54, 1.807) is 12.3 Å². The summed E-state index contributed by atoms with van der Waals surface area (Å²) in [5.41, 5.74) is 14.7. The van der Waals surface area contributed by atoms with E-state index >= 15 is 0 Å². The third-order valence-electron chi connectivity index (χ3n) is 9.78. The summed E-state index contributed by atoms with van der Waals surface area (Å²) in [4.78, 5) is 2.24. The van der Waals surface area contributed by atoms with Crippen molar-refractivity contribution in [1.29, 1.82) is 0 Å². The molecular formula is C48H59ClN4. The van der Waals surface area contributed by atoms with Gasteiger partial charge in [0.2, 0.25) is 0 Å². The minimum absolute atomic E-state index is 0.173. The molecule has 53 heavy (non-hydrogen) atoms. The van der Waals surface area contributed by atoms with Gasteiger partial charge in [0, 0.05) is 42.8 Å². The van der Waals surface area contributed by atoms with Crippen molar-refractivity contribution in [3.63, 3.8) is 0 Å². The van der Waals surface area contributed by atoms with E-state index in [2.05, 4.69) is 187 Å². The molecule has 0 aromatic heterocycles. The lowest BCUT2D eigenvalue weighted by atomic mass is 9.76. The number of nitrogens with two attached hydrogens (primary N) is 1. The lowest BCUT2D eigenvalue weighted by molar-refractivity contribution is 0.202. The van der Waals surface area contributed by atoms with Gasteiger partial charge in [0.05, 0.1) is 6.04 Å². The maximum Gasteiger partial charge on any atom is 0.128 e. The summed E-state index contributed by atoms with van der Waals surface area (Å²) in [6.45, 7) is 16.1. The van der Waals surface area contributed by atoms with Crippen molar-refractivity contribution in [2.75, 3.05) is 14.1 Å². The Labute approximate surface area is 325 Å². The minimum atomic E-state index is -0.552. The number of rotatable bonds is 14. The van der Waals surface area contributed by atoms with Gasteiger partial charge in [-0.1, -0.05) is 152 Å². The normalized spacial score (nSPS) is 15.4. The fourth-order valence-corrected chi connectivity index (χ4v) is 6.59. The molecule has 0 aliphatic heterocycles. The molecule has 0 saturated heterocycles. The second-order valence-electron chi connectivity index (χ2n) is 13.4. The van der Waals surface area contributed by atoms with E-state index in [1.807, 2.05) is 25.1 Å². The summed E-state index contributed by atoms with van der Waals surface area (Å²) in [5.74, 6) is 0.191. The van der Waals surface area contributed by atoms with Crippen LogP contribution in [-0.2, 0) is 5.54 Å². The number of likely N-dealkylation sites (N-methyl/N-ethyl adjacent to an activating group) is 1. The van der Waals surface area contributed by atoms with Gasteiger partial charge in [0.25, 0.3) is 0 Å². The SMILES string of the molecule is C/C=C(\C)C(c1ccccc1)(c1ccccc1)N(C)/N=C(/C)C(C)C\C=C/C(=C\N)C(=C\N(C)[C@H](C)c1ccccc1)/C1=CCC=C(Cl)C=C1.C=CC. The molecule has 3 aromatic carbocycles. The fraction of sp³-hybridized carbons (Fsp3) is 0.271. The number of nitrogens with zero attached hydrogens (tertiary/aromatic N) is 3. The first-order valence-electron chi connectivity index (χ1n) is 18.5. The molecule has 0 bridgehead atoms. The Morgan fingerprint density at radius 2 is 1.43 bits per heavy atom. The number of benzene rings is 3. The van der Waals surface area contributed by atoms with Crippen molar-refractivity contribution in [2.45, 2.75) is 66.0 Å². The fourth-order valence-electron chi connectivity index (χ4n) is 6.44. The molecular weight excluding hydrogens is 668 g/mol. The second kappa shape index (κ2) is 21.5. The molecule has 4 nitrogen and oxygen atoms in total. The zero-order valence-corrected chi connectivity index (χ0v) is 33.8. The quantitative estimate of drug-likeness (QED) is 0.0778. The molecule has 0 amide bonds. The summed E-state index contributed by atoms with van der Waals surface area (Å²) < 4.78 is 0. The molecule has 0 heterocycles. The molecule has 2 N–H and O–H groups in total. The minimum Gasteiger partial charge on any atom is -0.404 e.